The van der Waals surface area contributed by atoms with Gasteiger partial charge in [-0.25, -0.2) is 0 Å². The third-order valence-electron chi connectivity index (χ3n) is 2.64. The molecule has 0 aliphatic rings. The Kier molecular flexibility index (Phi) is 5.42. The zero-order chi connectivity index (χ0) is 13.5. The van der Waals surface area contributed by atoms with E-state index in [1.54, 1.807) is 12.1 Å². The zero-order valence-corrected chi connectivity index (χ0v) is 10.7. The van der Waals surface area contributed by atoms with Crippen LogP contribution in [0.25, 0.3) is 0 Å². The fraction of sp³-hybridized carbons (Fsp3) is 0.538. The molecule has 0 aromatic carbocycles. The highest BCUT2D eigenvalue weighted by Gasteiger charge is 2.13. The summed E-state index contributed by atoms with van der Waals surface area (Å²) < 4.78 is 5.33. The maximum atomic E-state index is 11.8. The minimum absolute atomic E-state index is 0.0629. The van der Waals surface area contributed by atoms with Gasteiger partial charge in [0.25, 0.3) is 5.91 Å². The van der Waals surface area contributed by atoms with Crippen LogP contribution in [0.5, 0.6) is 0 Å². The number of amides is 1. The lowest BCUT2D eigenvalue weighted by atomic mass is 10.1. The molecule has 0 bridgehead atoms. The summed E-state index contributed by atoms with van der Waals surface area (Å²) in [6.07, 6.45) is 2.07. The molecule has 1 unspecified atom stereocenters. The van der Waals surface area contributed by atoms with Crippen LogP contribution in [0.15, 0.2) is 16.5 Å². The highest BCUT2D eigenvalue weighted by atomic mass is 16.4. The van der Waals surface area contributed by atoms with Crippen LogP contribution in [0.4, 0.5) is 0 Å². The molecule has 0 fully saturated rings. The Balaban J connectivity index is 2.37. The first-order valence-electron chi connectivity index (χ1n) is 6.14. The van der Waals surface area contributed by atoms with E-state index in [-0.39, 0.29) is 18.4 Å². The second-order valence-electron chi connectivity index (χ2n) is 4.28. The van der Waals surface area contributed by atoms with E-state index >= 15 is 0 Å². The summed E-state index contributed by atoms with van der Waals surface area (Å²) in [6, 6.07) is 3.37. The fourth-order valence-electron chi connectivity index (χ4n) is 1.62. The van der Waals surface area contributed by atoms with Crippen molar-refractivity contribution in [2.45, 2.75) is 45.6 Å². The molecule has 2 N–H and O–H groups in total. The molecule has 1 rings (SSSR count). The Hall–Kier alpha value is -1.78. The molecule has 0 aliphatic carbocycles. The van der Waals surface area contributed by atoms with Gasteiger partial charge in [0.1, 0.15) is 5.76 Å². The number of hydrogen-bond acceptors (Lipinski definition) is 3. The van der Waals surface area contributed by atoms with Crippen molar-refractivity contribution >= 4 is 11.9 Å². The Bertz CT molecular complexity index is 411. The summed E-state index contributed by atoms with van der Waals surface area (Å²) >= 11 is 0. The molecule has 1 aromatic rings. The first kappa shape index (κ1) is 14.3. The monoisotopic (exact) mass is 253 g/mol. The minimum atomic E-state index is -0.813. The number of hydrogen-bond donors (Lipinski definition) is 2. The minimum Gasteiger partial charge on any atom is -0.481 e. The average molecular weight is 253 g/mol. The van der Waals surface area contributed by atoms with Crippen molar-refractivity contribution < 1.29 is 19.1 Å². The van der Waals surface area contributed by atoms with Crippen LogP contribution >= 0.6 is 0 Å². The van der Waals surface area contributed by atoms with Gasteiger partial charge in [-0.15, -0.1) is 0 Å². The van der Waals surface area contributed by atoms with Gasteiger partial charge in [-0.2, -0.15) is 0 Å². The van der Waals surface area contributed by atoms with Crippen molar-refractivity contribution in [1.29, 1.82) is 0 Å². The molecule has 0 aliphatic heterocycles. The number of furan rings is 1. The molecule has 0 spiro atoms. The van der Waals surface area contributed by atoms with Crippen LogP contribution < -0.4 is 5.32 Å². The van der Waals surface area contributed by atoms with E-state index in [2.05, 4.69) is 5.32 Å². The summed E-state index contributed by atoms with van der Waals surface area (Å²) in [7, 11) is 0. The van der Waals surface area contributed by atoms with Crippen LogP contribution in [0.3, 0.4) is 0 Å². The molecule has 0 radical (unpaired) electrons. The van der Waals surface area contributed by atoms with Crippen molar-refractivity contribution in [3.05, 3.63) is 23.7 Å². The first-order valence-corrected chi connectivity index (χ1v) is 6.14. The Morgan fingerprint density at radius 2 is 2.17 bits per heavy atom. The van der Waals surface area contributed by atoms with Crippen LogP contribution in [-0.2, 0) is 11.2 Å². The van der Waals surface area contributed by atoms with Gasteiger partial charge in [0.15, 0.2) is 5.76 Å². The van der Waals surface area contributed by atoms with Gasteiger partial charge in [0.2, 0.25) is 0 Å². The van der Waals surface area contributed by atoms with Crippen molar-refractivity contribution in [3.8, 4) is 0 Å². The van der Waals surface area contributed by atoms with E-state index in [0.29, 0.717) is 18.6 Å². The molecule has 1 aromatic heterocycles. The van der Waals surface area contributed by atoms with Crippen LogP contribution in [0.2, 0.25) is 0 Å². The van der Waals surface area contributed by atoms with Crippen molar-refractivity contribution in [3.63, 3.8) is 0 Å². The van der Waals surface area contributed by atoms with Gasteiger partial charge in [-0.3, -0.25) is 9.59 Å². The Labute approximate surface area is 106 Å². The predicted molar refractivity (Wildman–Crippen MR) is 66.5 cm³/mol. The molecule has 0 saturated heterocycles. The quantitative estimate of drug-likeness (QED) is 0.780. The van der Waals surface area contributed by atoms with Crippen molar-refractivity contribution in [1.82, 2.24) is 5.32 Å². The maximum absolute atomic E-state index is 11.8. The number of carboxylic acid groups (broad SMARTS) is 1. The number of carboxylic acids is 1. The number of nitrogens with one attached hydrogen (secondary N) is 1. The lowest BCUT2D eigenvalue weighted by Crippen LogP contribution is -2.32. The smallest absolute Gasteiger partial charge is 0.303 e. The third-order valence-corrected chi connectivity index (χ3v) is 2.64. The fourth-order valence-corrected chi connectivity index (χ4v) is 1.62. The van der Waals surface area contributed by atoms with E-state index in [1.807, 2.05) is 13.8 Å². The van der Waals surface area contributed by atoms with Crippen LogP contribution in [0.1, 0.15) is 49.4 Å². The molecule has 18 heavy (non-hydrogen) atoms. The molecule has 0 saturated carbocycles. The zero-order valence-electron chi connectivity index (χ0n) is 10.7. The van der Waals surface area contributed by atoms with E-state index in [1.165, 1.54) is 0 Å². The van der Waals surface area contributed by atoms with Crippen LogP contribution in [-0.4, -0.2) is 23.0 Å². The summed E-state index contributed by atoms with van der Waals surface area (Å²) in [6.45, 7) is 3.80. The number of aryl methyl sites for hydroxylation is 1. The van der Waals surface area contributed by atoms with Crippen molar-refractivity contribution in [2.75, 3.05) is 0 Å². The SMILES string of the molecule is CCc1ccc(C(=O)NC(C)CCCC(=O)O)o1. The van der Waals surface area contributed by atoms with E-state index in [4.69, 9.17) is 9.52 Å². The summed E-state index contributed by atoms with van der Waals surface area (Å²) in [4.78, 5) is 22.1. The van der Waals surface area contributed by atoms with Gasteiger partial charge in [0.05, 0.1) is 0 Å². The van der Waals surface area contributed by atoms with Gasteiger partial charge in [0, 0.05) is 18.9 Å². The number of carbonyl (C=O) groups is 2. The predicted octanol–water partition coefficient (Wildman–Crippen LogP) is 2.22. The summed E-state index contributed by atoms with van der Waals surface area (Å²) in [5.41, 5.74) is 0. The lowest BCUT2D eigenvalue weighted by molar-refractivity contribution is -0.137. The topological polar surface area (TPSA) is 79.5 Å². The van der Waals surface area contributed by atoms with Gasteiger partial charge in [-0.1, -0.05) is 6.92 Å². The summed E-state index contributed by atoms with van der Waals surface area (Å²) in [5, 5.41) is 11.3. The van der Waals surface area contributed by atoms with Gasteiger partial charge < -0.3 is 14.8 Å². The van der Waals surface area contributed by atoms with Gasteiger partial charge >= 0.3 is 5.97 Å². The average Bonchev–Trinajstić information content (AvgIpc) is 2.76. The van der Waals surface area contributed by atoms with E-state index < -0.39 is 5.97 Å². The Morgan fingerprint density at radius 3 is 2.72 bits per heavy atom. The maximum Gasteiger partial charge on any atom is 0.303 e. The normalized spacial score (nSPS) is 12.1. The van der Waals surface area contributed by atoms with E-state index in [0.717, 1.165) is 12.2 Å². The Morgan fingerprint density at radius 1 is 1.44 bits per heavy atom. The number of aliphatic carboxylic acids is 1. The molecule has 1 heterocycles. The number of rotatable bonds is 7. The highest BCUT2D eigenvalue weighted by molar-refractivity contribution is 5.91. The number of carbonyl (C=O) groups excluding carboxylic acids is 1. The standard InChI is InChI=1S/C13H19NO4/c1-3-10-7-8-11(18-10)13(17)14-9(2)5-4-6-12(15)16/h7-9H,3-6H2,1-2H3,(H,14,17)(H,15,16). The molecule has 1 atom stereocenters. The molecular weight excluding hydrogens is 234 g/mol. The molecular formula is C13H19NO4. The summed E-state index contributed by atoms with van der Waals surface area (Å²) in [5.74, 6) is 0.0142. The molecule has 1 amide bonds. The third kappa shape index (κ3) is 4.61. The molecule has 5 heteroatoms. The molecule has 5 nitrogen and oxygen atoms in total. The van der Waals surface area contributed by atoms with Gasteiger partial charge in [-0.05, 0) is 31.9 Å². The second kappa shape index (κ2) is 6.83. The van der Waals surface area contributed by atoms with Crippen molar-refractivity contribution in [2.24, 2.45) is 0 Å². The van der Waals surface area contributed by atoms with Crippen LogP contribution in [0, 0.1) is 0 Å². The lowest BCUT2D eigenvalue weighted by Gasteiger charge is -2.11. The largest absolute Gasteiger partial charge is 0.481 e. The molecule has 100 valence electrons. The van der Waals surface area contributed by atoms with E-state index in [9.17, 15) is 9.59 Å². The first-order chi connectivity index (χ1) is 8.52. The highest BCUT2D eigenvalue weighted by Crippen LogP contribution is 2.09. The second-order valence-corrected chi connectivity index (χ2v) is 4.28.